The van der Waals surface area contributed by atoms with E-state index in [1.807, 2.05) is 0 Å². The lowest BCUT2D eigenvalue weighted by atomic mass is 9.44. The lowest BCUT2D eigenvalue weighted by molar-refractivity contribution is -0.143. The Hall–Kier alpha value is -5.78. The summed E-state index contributed by atoms with van der Waals surface area (Å²) in [6, 6.07) is 24.0. The number of Topliss-reactive ketones (excluding diaryl/α,β-unsaturated/α-hetero) is 1. The largest absolute Gasteiger partial charge is 0.508 e. The lowest BCUT2D eigenvalue weighted by Gasteiger charge is -2.55. The number of phenolic OH excluding ortho intramolecular Hbond substituents is 1. The number of benzene rings is 4. The molecule has 6 atom stereocenters. The number of amides is 2. The number of nitrogens with zero attached hydrogens (tertiary/aromatic N) is 1. The molecule has 4 aromatic carbocycles. The van der Waals surface area contributed by atoms with Crippen LogP contribution in [0.25, 0.3) is 5.57 Å². The van der Waals surface area contributed by atoms with Crippen LogP contribution in [0.5, 0.6) is 5.75 Å². The monoisotopic (exact) mass is 741 g/mol. The second-order valence-electron chi connectivity index (χ2n) is 14.2. The zero-order chi connectivity index (χ0) is 38.3. The Labute approximate surface area is 304 Å². The lowest BCUT2D eigenvalue weighted by Crippen LogP contribution is -2.58. The van der Waals surface area contributed by atoms with E-state index < -0.39 is 87.6 Å². The van der Waals surface area contributed by atoms with Gasteiger partial charge in [-0.05, 0) is 71.9 Å². The fourth-order valence-corrected chi connectivity index (χ4v) is 9.28. The molecule has 8 rings (SSSR count). The van der Waals surface area contributed by atoms with Crippen LogP contribution in [-0.4, -0.2) is 28.5 Å². The van der Waals surface area contributed by atoms with Gasteiger partial charge in [0, 0.05) is 17.4 Å². The molecule has 1 aliphatic heterocycles. The van der Waals surface area contributed by atoms with E-state index in [2.05, 4.69) is 0 Å². The van der Waals surface area contributed by atoms with E-state index in [0.717, 1.165) is 0 Å². The Morgan fingerprint density at radius 3 is 1.94 bits per heavy atom. The number of ketones is 2. The Bertz CT molecular complexity index is 2260. The minimum absolute atomic E-state index is 0.0745. The van der Waals surface area contributed by atoms with Crippen molar-refractivity contribution in [3.05, 3.63) is 149 Å². The van der Waals surface area contributed by atoms with E-state index in [1.54, 1.807) is 78.9 Å². The van der Waals surface area contributed by atoms with Gasteiger partial charge in [-0.25, -0.2) is 4.90 Å². The normalized spacial score (nSPS) is 26.9. The van der Waals surface area contributed by atoms with Crippen molar-refractivity contribution in [2.45, 2.75) is 36.5 Å². The van der Waals surface area contributed by atoms with Gasteiger partial charge in [-0.1, -0.05) is 84.4 Å². The number of phenols is 1. The molecule has 3 aliphatic carbocycles. The van der Waals surface area contributed by atoms with Gasteiger partial charge in [0.05, 0.1) is 34.1 Å². The van der Waals surface area contributed by atoms with Crippen LogP contribution in [0.15, 0.2) is 121 Å². The standard InChI is InChI=1S/C42H29F6NO5/c43-41(44,45)25-17-26(42(46,47)48)19-27(18-25)49-38(53)30-15-14-29-32(35(30)39(49)54)20-33-37(52)31(22-8-3-1-4-9-22)21-34(51)40(33,24-11-5-2-6-12-24)36(29)23-10-7-13-28(50)16-23/h1-14,16-19,21,30,32-33,35-36,50H,15,20H2/t30-,32+,33-,35-,36-,40-/m0/s1. The Morgan fingerprint density at radius 1 is 0.704 bits per heavy atom. The maximum absolute atomic E-state index is 15.0. The Kier molecular flexibility index (Phi) is 8.09. The summed E-state index contributed by atoms with van der Waals surface area (Å²) in [5, 5.41) is 10.7. The quantitative estimate of drug-likeness (QED) is 0.129. The van der Waals surface area contributed by atoms with Crippen molar-refractivity contribution in [3.63, 3.8) is 0 Å². The topological polar surface area (TPSA) is 91.8 Å². The zero-order valence-corrected chi connectivity index (χ0v) is 28.1. The number of fused-ring (bicyclic) bond motifs is 4. The SMILES string of the molecule is O=C1C(c2ccccc2)=CC(=O)[C@@]2(c3ccccc3)[C@@H](c3cccc(O)c3)C3=CC[C@@H]4C(=O)N(c5cc(C(F)(F)F)cc(C(F)(F)F)c5)C(=O)[C@@H]4[C@@H]3C[C@@H]12. The van der Waals surface area contributed by atoms with Gasteiger partial charge in [-0.3, -0.25) is 19.2 Å². The summed E-state index contributed by atoms with van der Waals surface area (Å²) < 4.78 is 83.3. The molecular formula is C42H29F6NO5. The summed E-state index contributed by atoms with van der Waals surface area (Å²) in [4.78, 5) is 58.8. The molecular weight excluding hydrogens is 712 g/mol. The molecule has 0 spiro atoms. The van der Waals surface area contributed by atoms with E-state index in [-0.39, 0.29) is 30.2 Å². The first kappa shape index (κ1) is 35.3. The average Bonchev–Trinajstić information content (AvgIpc) is 3.40. The van der Waals surface area contributed by atoms with Crippen LogP contribution in [0, 0.1) is 23.7 Å². The maximum atomic E-state index is 15.0. The molecule has 0 aromatic heterocycles. The van der Waals surface area contributed by atoms with Crippen LogP contribution in [0.4, 0.5) is 32.0 Å². The van der Waals surface area contributed by atoms with E-state index in [0.29, 0.717) is 39.3 Å². The first-order valence-corrected chi connectivity index (χ1v) is 17.2. The van der Waals surface area contributed by atoms with Gasteiger partial charge in [0.2, 0.25) is 11.8 Å². The van der Waals surface area contributed by atoms with Crippen LogP contribution >= 0.6 is 0 Å². The molecule has 0 bridgehead atoms. The average molecular weight is 742 g/mol. The summed E-state index contributed by atoms with van der Waals surface area (Å²) in [6.45, 7) is 0. The van der Waals surface area contributed by atoms with Gasteiger partial charge in [0.1, 0.15) is 5.75 Å². The maximum Gasteiger partial charge on any atom is 0.416 e. The predicted molar refractivity (Wildman–Crippen MR) is 184 cm³/mol. The van der Waals surface area contributed by atoms with Gasteiger partial charge in [0.25, 0.3) is 0 Å². The van der Waals surface area contributed by atoms with Gasteiger partial charge in [-0.2, -0.15) is 26.3 Å². The van der Waals surface area contributed by atoms with Crippen molar-refractivity contribution in [3.8, 4) is 5.75 Å². The van der Waals surface area contributed by atoms with Crippen molar-refractivity contribution in [1.82, 2.24) is 0 Å². The number of anilines is 1. The van der Waals surface area contributed by atoms with Gasteiger partial charge < -0.3 is 5.11 Å². The summed E-state index contributed by atoms with van der Waals surface area (Å²) in [5.74, 6) is -8.37. The Balaban J connectivity index is 1.32. The highest BCUT2D eigenvalue weighted by Gasteiger charge is 2.66. The van der Waals surface area contributed by atoms with Crippen LogP contribution in [0.1, 0.15) is 46.6 Å². The molecule has 54 heavy (non-hydrogen) atoms. The molecule has 0 radical (unpaired) electrons. The fourth-order valence-electron chi connectivity index (χ4n) is 9.28. The molecule has 1 saturated heterocycles. The number of allylic oxidation sites excluding steroid dienone is 4. The van der Waals surface area contributed by atoms with Crippen molar-refractivity contribution < 1.29 is 50.6 Å². The summed E-state index contributed by atoms with van der Waals surface area (Å²) in [5.41, 5.74) is -3.72. The van der Waals surface area contributed by atoms with E-state index in [4.69, 9.17) is 0 Å². The molecule has 12 heteroatoms. The summed E-state index contributed by atoms with van der Waals surface area (Å²) >= 11 is 0. The minimum atomic E-state index is -5.22. The number of halogens is 6. The second kappa shape index (κ2) is 12.4. The smallest absolute Gasteiger partial charge is 0.416 e. The van der Waals surface area contributed by atoms with Crippen molar-refractivity contribution in [2.24, 2.45) is 23.7 Å². The molecule has 274 valence electrons. The fraction of sp³-hybridized carbons (Fsp3) is 0.238. The highest BCUT2D eigenvalue weighted by Crippen LogP contribution is 2.64. The van der Waals surface area contributed by atoms with Crippen LogP contribution in [0.2, 0.25) is 0 Å². The summed E-state index contributed by atoms with van der Waals surface area (Å²) in [6.07, 6.45) is -7.64. The summed E-state index contributed by atoms with van der Waals surface area (Å²) in [7, 11) is 0. The molecule has 1 N–H and O–H groups in total. The molecule has 2 fully saturated rings. The van der Waals surface area contributed by atoms with Gasteiger partial charge in [-0.15, -0.1) is 0 Å². The van der Waals surface area contributed by atoms with Crippen molar-refractivity contribution >= 4 is 34.6 Å². The molecule has 0 unspecified atom stereocenters. The number of imide groups is 1. The molecule has 1 heterocycles. The molecule has 4 aliphatic rings. The molecule has 2 amide bonds. The number of hydrogen-bond acceptors (Lipinski definition) is 5. The zero-order valence-electron chi connectivity index (χ0n) is 28.1. The van der Waals surface area contributed by atoms with Gasteiger partial charge >= 0.3 is 12.4 Å². The molecule has 4 aromatic rings. The van der Waals surface area contributed by atoms with Crippen molar-refractivity contribution in [1.29, 1.82) is 0 Å². The number of hydrogen-bond donors (Lipinski definition) is 1. The third-order valence-corrected chi connectivity index (χ3v) is 11.4. The Morgan fingerprint density at radius 2 is 1.33 bits per heavy atom. The van der Waals surface area contributed by atoms with Crippen LogP contribution in [-0.2, 0) is 36.9 Å². The van der Waals surface area contributed by atoms with Gasteiger partial charge in [0.15, 0.2) is 11.6 Å². The number of rotatable bonds is 4. The second-order valence-corrected chi connectivity index (χ2v) is 14.2. The minimum Gasteiger partial charge on any atom is -0.508 e. The third-order valence-electron chi connectivity index (χ3n) is 11.4. The van der Waals surface area contributed by atoms with Crippen LogP contribution in [0.3, 0.4) is 0 Å². The first-order chi connectivity index (χ1) is 25.6. The first-order valence-electron chi connectivity index (χ1n) is 17.2. The van der Waals surface area contributed by atoms with Crippen molar-refractivity contribution in [2.75, 3.05) is 4.90 Å². The van der Waals surface area contributed by atoms with E-state index in [9.17, 15) is 50.6 Å². The number of aromatic hydroxyl groups is 1. The number of carbonyl (C=O) groups excluding carboxylic acids is 4. The predicted octanol–water partition coefficient (Wildman–Crippen LogP) is 8.46. The van der Waals surface area contributed by atoms with E-state index in [1.165, 1.54) is 18.2 Å². The number of carbonyl (C=O) groups is 4. The van der Waals surface area contributed by atoms with E-state index >= 15 is 0 Å². The van der Waals surface area contributed by atoms with Crippen LogP contribution < -0.4 is 4.90 Å². The highest BCUT2D eigenvalue weighted by atomic mass is 19.4. The highest BCUT2D eigenvalue weighted by molar-refractivity contribution is 6.32. The molecule has 6 nitrogen and oxygen atoms in total. The number of alkyl halides is 6. The molecule has 1 saturated carbocycles. The third kappa shape index (κ3) is 5.33.